The molecule has 1 amide bonds. The molecule has 2 aromatic rings. The van der Waals surface area contributed by atoms with Crippen molar-refractivity contribution >= 4 is 11.9 Å². The van der Waals surface area contributed by atoms with Crippen molar-refractivity contribution in [3.8, 4) is 0 Å². The number of anilines is 1. The van der Waals surface area contributed by atoms with E-state index in [2.05, 4.69) is 25.2 Å². The predicted octanol–water partition coefficient (Wildman–Crippen LogP) is 1.90. The van der Waals surface area contributed by atoms with E-state index in [1.54, 1.807) is 12.4 Å². The molecule has 7 heteroatoms. The maximum atomic E-state index is 12.6. The fraction of sp³-hybridized carbons (Fsp3) is 0.524. The third kappa shape index (κ3) is 2.76. The lowest BCUT2D eigenvalue weighted by Crippen LogP contribution is -2.42. The number of pyridine rings is 1. The molecule has 2 aromatic heterocycles. The topological polar surface area (TPSA) is 80.2 Å². The first-order valence-electron chi connectivity index (χ1n) is 9.97. The lowest BCUT2D eigenvalue weighted by Gasteiger charge is -2.29. The summed E-state index contributed by atoms with van der Waals surface area (Å²) in [5, 5.41) is 3.13. The number of aryl methyl sites for hydroxylation is 2. The number of rotatable bonds is 4. The Hall–Kier alpha value is -2.54. The summed E-state index contributed by atoms with van der Waals surface area (Å²) in [6.07, 6.45) is 7.54. The Labute approximate surface area is 164 Å². The van der Waals surface area contributed by atoms with Gasteiger partial charge in [0.1, 0.15) is 0 Å². The molecular weight excluding hydrogens is 354 g/mol. The van der Waals surface area contributed by atoms with Gasteiger partial charge in [0.15, 0.2) is 0 Å². The number of nitrogens with zero attached hydrogens (tertiary/aromatic N) is 4. The lowest BCUT2D eigenvalue weighted by molar-refractivity contribution is 0.0141. The average molecular weight is 379 g/mol. The van der Waals surface area contributed by atoms with Crippen molar-refractivity contribution in [2.24, 2.45) is 11.8 Å². The highest BCUT2D eigenvalue weighted by atomic mass is 16.5. The Balaban J connectivity index is 1.31. The second-order valence-electron chi connectivity index (χ2n) is 8.31. The van der Waals surface area contributed by atoms with Crippen LogP contribution in [0.4, 0.5) is 5.95 Å². The van der Waals surface area contributed by atoms with Gasteiger partial charge in [-0.2, -0.15) is 0 Å². The molecule has 3 fully saturated rings. The molecule has 4 atom stereocenters. The van der Waals surface area contributed by atoms with E-state index in [1.165, 1.54) is 0 Å². The van der Waals surface area contributed by atoms with Crippen LogP contribution in [0.15, 0.2) is 30.7 Å². The highest BCUT2D eigenvalue weighted by molar-refractivity contribution is 5.95. The van der Waals surface area contributed by atoms with Crippen LogP contribution in [0.2, 0.25) is 0 Å². The zero-order valence-corrected chi connectivity index (χ0v) is 16.3. The van der Waals surface area contributed by atoms with Gasteiger partial charge in [0.05, 0.1) is 23.8 Å². The number of ether oxygens (including phenoxy) is 1. The Morgan fingerprint density at radius 2 is 2.25 bits per heavy atom. The van der Waals surface area contributed by atoms with Gasteiger partial charge in [-0.3, -0.25) is 9.78 Å². The summed E-state index contributed by atoms with van der Waals surface area (Å²) in [6.45, 7) is 6.27. The third-order valence-electron chi connectivity index (χ3n) is 6.63. The van der Waals surface area contributed by atoms with Gasteiger partial charge in [-0.25, -0.2) is 9.97 Å². The summed E-state index contributed by atoms with van der Waals surface area (Å²) in [6, 6.07) is 3.78. The molecule has 0 saturated carbocycles. The first-order valence-corrected chi connectivity index (χ1v) is 9.97. The molecule has 7 nitrogen and oxygen atoms in total. The van der Waals surface area contributed by atoms with E-state index in [-0.39, 0.29) is 17.6 Å². The van der Waals surface area contributed by atoms with E-state index in [0.29, 0.717) is 23.9 Å². The summed E-state index contributed by atoms with van der Waals surface area (Å²) >= 11 is 0. The summed E-state index contributed by atoms with van der Waals surface area (Å²) in [5.74, 6) is 1.44. The smallest absolute Gasteiger partial charge is 0.253 e. The predicted molar refractivity (Wildman–Crippen MR) is 104 cm³/mol. The minimum absolute atomic E-state index is 0.0562. The summed E-state index contributed by atoms with van der Waals surface area (Å²) in [4.78, 5) is 28.0. The number of carbonyl (C=O) groups is 1. The summed E-state index contributed by atoms with van der Waals surface area (Å²) in [7, 11) is 0. The minimum atomic E-state index is -0.114. The molecule has 3 aliphatic heterocycles. The maximum Gasteiger partial charge on any atom is 0.253 e. The second-order valence-corrected chi connectivity index (χ2v) is 8.31. The number of amides is 1. The van der Waals surface area contributed by atoms with Gasteiger partial charge in [-0.15, -0.1) is 0 Å². The zero-order chi connectivity index (χ0) is 19.3. The zero-order valence-electron chi connectivity index (χ0n) is 16.3. The van der Waals surface area contributed by atoms with Gasteiger partial charge in [-0.05, 0) is 44.4 Å². The van der Waals surface area contributed by atoms with E-state index in [4.69, 9.17) is 4.74 Å². The van der Waals surface area contributed by atoms with E-state index >= 15 is 0 Å². The first kappa shape index (κ1) is 17.6. The van der Waals surface area contributed by atoms with Crippen LogP contribution in [0.25, 0.3) is 0 Å². The molecule has 0 aliphatic carbocycles. The van der Waals surface area contributed by atoms with Crippen LogP contribution in [0.3, 0.4) is 0 Å². The van der Waals surface area contributed by atoms with Gasteiger partial charge in [0.25, 0.3) is 5.91 Å². The standard InChI is InChI=1S/C21H25N5O2/c1-13-4-7-22-9-15(13)19(27)24-10-16-17-11-26(20-23-8-5-14(2)25-20)12-21(17)6-3-18(16)28-21/h4-5,7-9,16-18H,3,6,10-12H2,1-2H3,(H,24,27)/t16-,17+,18+,21+/m0/s1. The van der Waals surface area contributed by atoms with Crippen molar-refractivity contribution in [1.29, 1.82) is 0 Å². The van der Waals surface area contributed by atoms with Gasteiger partial charge in [0, 0.05) is 49.2 Å². The van der Waals surface area contributed by atoms with E-state index in [9.17, 15) is 4.79 Å². The van der Waals surface area contributed by atoms with Crippen LogP contribution in [0, 0.1) is 25.7 Å². The normalized spacial score (nSPS) is 30.5. The van der Waals surface area contributed by atoms with Crippen molar-refractivity contribution in [1.82, 2.24) is 20.3 Å². The Kier molecular flexibility index (Phi) is 4.08. The maximum absolute atomic E-state index is 12.6. The minimum Gasteiger partial charge on any atom is -0.369 e. The van der Waals surface area contributed by atoms with Crippen LogP contribution < -0.4 is 10.2 Å². The number of carbonyl (C=O) groups excluding carboxylic acids is 1. The fourth-order valence-corrected chi connectivity index (χ4v) is 5.21. The van der Waals surface area contributed by atoms with E-state index in [0.717, 1.165) is 43.1 Å². The van der Waals surface area contributed by atoms with Crippen molar-refractivity contribution < 1.29 is 9.53 Å². The van der Waals surface area contributed by atoms with Crippen LogP contribution in [-0.4, -0.2) is 52.2 Å². The molecule has 0 aromatic carbocycles. The molecule has 3 aliphatic rings. The SMILES string of the molecule is Cc1ccnc(N2C[C@@H]3[C@H](CNC(=O)c4cnccc4C)[C@H]4CC[C@]3(C2)O4)n1. The second kappa shape index (κ2) is 6.51. The van der Waals surface area contributed by atoms with Crippen molar-refractivity contribution in [3.05, 3.63) is 47.5 Å². The summed E-state index contributed by atoms with van der Waals surface area (Å²) in [5.41, 5.74) is 2.44. The highest BCUT2D eigenvalue weighted by Gasteiger charge is 2.63. The molecular formula is C21H25N5O2. The number of nitrogens with one attached hydrogen (secondary N) is 1. The van der Waals surface area contributed by atoms with Crippen molar-refractivity contribution in [2.45, 2.75) is 38.4 Å². The largest absolute Gasteiger partial charge is 0.369 e. The molecule has 5 rings (SSSR count). The fourth-order valence-electron chi connectivity index (χ4n) is 5.21. The van der Waals surface area contributed by atoms with Gasteiger partial charge < -0.3 is 15.0 Å². The molecule has 1 spiro atoms. The lowest BCUT2D eigenvalue weighted by atomic mass is 9.73. The van der Waals surface area contributed by atoms with Crippen molar-refractivity contribution in [2.75, 3.05) is 24.5 Å². The van der Waals surface area contributed by atoms with E-state index < -0.39 is 0 Å². The van der Waals surface area contributed by atoms with E-state index in [1.807, 2.05) is 32.2 Å². The quantitative estimate of drug-likeness (QED) is 0.874. The Morgan fingerprint density at radius 1 is 1.36 bits per heavy atom. The summed E-state index contributed by atoms with van der Waals surface area (Å²) < 4.78 is 6.48. The first-order chi connectivity index (χ1) is 13.6. The average Bonchev–Trinajstić information content (AvgIpc) is 3.35. The number of hydrogen-bond donors (Lipinski definition) is 1. The third-order valence-corrected chi connectivity index (χ3v) is 6.63. The molecule has 2 bridgehead atoms. The Morgan fingerprint density at radius 3 is 3.07 bits per heavy atom. The van der Waals surface area contributed by atoms with Gasteiger partial charge in [-0.1, -0.05) is 0 Å². The molecule has 0 unspecified atom stereocenters. The monoisotopic (exact) mass is 379 g/mol. The molecule has 0 radical (unpaired) electrons. The molecule has 28 heavy (non-hydrogen) atoms. The van der Waals surface area contributed by atoms with Crippen LogP contribution in [0.1, 0.15) is 34.5 Å². The van der Waals surface area contributed by atoms with Crippen LogP contribution >= 0.6 is 0 Å². The molecule has 146 valence electrons. The van der Waals surface area contributed by atoms with Gasteiger partial charge in [0.2, 0.25) is 5.95 Å². The van der Waals surface area contributed by atoms with Gasteiger partial charge >= 0.3 is 0 Å². The number of aromatic nitrogens is 3. The van der Waals surface area contributed by atoms with Crippen LogP contribution in [0.5, 0.6) is 0 Å². The van der Waals surface area contributed by atoms with Crippen LogP contribution in [-0.2, 0) is 4.74 Å². The van der Waals surface area contributed by atoms with Crippen molar-refractivity contribution in [3.63, 3.8) is 0 Å². The molecule has 3 saturated heterocycles. The highest BCUT2D eigenvalue weighted by Crippen LogP contribution is 2.54. The number of fused-ring (bicyclic) bond motifs is 1. The molecule has 5 heterocycles. The Bertz CT molecular complexity index is 919. The molecule has 1 N–H and O–H groups in total. The number of hydrogen-bond acceptors (Lipinski definition) is 6.